The maximum Gasteiger partial charge on any atom is 0.136 e. The van der Waals surface area contributed by atoms with Crippen molar-refractivity contribution < 1.29 is 4.42 Å². The summed E-state index contributed by atoms with van der Waals surface area (Å²) in [5.74, 6) is 0.876. The first kappa shape index (κ1) is 35.2. The minimum Gasteiger partial charge on any atom is -0.456 e. The molecule has 1 aromatic heterocycles. The number of benzene rings is 10. The molecule has 0 atom stereocenters. The van der Waals surface area contributed by atoms with Crippen molar-refractivity contribution in [1.29, 1.82) is 0 Å². The summed E-state index contributed by atoms with van der Waals surface area (Å²) in [6.07, 6.45) is 0. The maximum atomic E-state index is 6.29. The molecule has 0 unspecified atom stereocenters. The minimum atomic E-state index is 0.876. The van der Waals surface area contributed by atoms with Gasteiger partial charge >= 0.3 is 0 Å². The third-order valence-corrected chi connectivity index (χ3v) is 11.7. The molecule has 2 nitrogen and oxygen atoms in total. The van der Waals surface area contributed by atoms with Crippen LogP contribution in [0.15, 0.2) is 241 Å². The zero-order chi connectivity index (χ0) is 39.8. The fourth-order valence-electron chi connectivity index (χ4n) is 8.66. The van der Waals surface area contributed by atoms with Crippen LogP contribution in [0.3, 0.4) is 0 Å². The molecule has 11 rings (SSSR count). The van der Waals surface area contributed by atoms with E-state index in [0.29, 0.717) is 0 Å². The fourth-order valence-corrected chi connectivity index (χ4v) is 8.66. The molecule has 10 aromatic carbocycles. The van der Waals surface area contributed by atoms with E-state index in [0.717, 1.165) is 61.6 Å². The largest absolute Gasteiger partial charge is 0.456 e. The van der Waals surface area contributed by atoms with Gasteiger partial charge in [0, 0.05) is 27.9 Å². The lowest BCUT2D eigenvalue weighted by Crippen LogP contribution is -2.11. The van der Waals surface area contributed by atoms with E-state index in [-0.39, 0.29) is 0 Å². The molecule has 0 radical (unpaired) electrons. The summed E-state index contributed by atoms with van der Waals surface area (Å²) < 4.78 is 6.29. The van der Waals surface area contributed by atoms with E-state index >= 15 is 0 Å². The van der Waals surface area contributed by atoms with Crippen LogP contribution in [0, 0.1) is 0 Å². The Balaban J connectivity index is 0.967. The third-order valence-electron chi connectivity index (χ3n) is 11.7. The van der Waals surface area contributed by atoms with Crippen molar-refractivity contribution in [2.75, 3.05) is 4.90 Å². The van der Waals surface area contributed by atoms with Gasteiger partial charge in [-0.3, -0.25) is 0 Å². The Kier molecular flexibility index (Phi) is 8.87. The quantitative estimate of drug-likeness (QED) is 0.143. The molecule has 11 aromatic rings. The van der Waals surface area contributed by atoms with Gasteiger partial charge in [0.05, 0.1) is 5.69 Å². The predicted octanol–water partition coefficient (Wildman–Crippen LogP) is 16.5. The number of rotatable bonds is 8. The van der Waals surface area contributed by atoms with Crippen LogP contribution in [0.25, 0.3) is 88.3 Å². The molecule has 0 saturated heterocycles. The Bertz CT molecular complexity index is 3260. The molecule has 0 aliphatic rings. The Morgan fingerprint density at radius 3 is 1.52 bits per heavy atom. The molecule has 0 saturated carbocycles. The zero-order valence-electron chi connectivity index (χ0n) is 32.9. The lowest BCUT2D eigenvalue weighted by molar-refractivity contribution is 0.632. The Morgan fingerprint density at radius 2 is 0.783 bits per heavy atom. The summed E-state index contributed by atoms with van der Waals surface area (Å²) >= 11 is 0. The number of hydrogen-bond donors (Lipinski definition) is 0. The van der Waals surface area contributed by atoms with Gasteiger partial charge in [-0.2, -0.15) is 0 Å². The van der Waals surface area contributed by atoms with Crippen LogP contribution < -0.4 is 4.90 Å². The van der Waals surface area contributed by atoms with Crippen molar-refractivity contribution in [3.63, 3.8) is 0 Å². The highest BCUT2D eigenvalue weighted by Gasteiger charge is 2.19. The number of para-hydroxylation sites is 2. The van der Waals surface area contributed by atoms with E-state index in [2.05, 4.69) is 223 Å². The topological polar surface area (TPSA) is 16.4 Å². The van der Waals surface area contributed by atoms with Crippen molar-refractivity contribution in [1.82, 2.24) is 0 Å². The number of furan rings is 1. The summed E-state index contributed by atoms with van der Waals surface area (Å²) in [5, 5.41) is 6.08. The van der Waals surface area contributed by atoms with Gasteiger partial charge in [0.1, 0.15) is 11.3 Å². The van der Waals surface area contributed by atoms with Crippen molar-refractivity contribution in [3.05, 3.63) is 237 Å². The molecule has 0 bridgehead atoms. The van der Waals surface area contributed by atoms with E-state index in [9.17, 15) is 0 Å². The summed E-state index contributed by atoms with van der Waals surface area (Å²) in [6.45, 7) is 0. The van der Waals surface area contributed by atoms with Gasteiger partial charge in [-0.1, -0.05) is 194 Å². The van der Waals surface area contributed by atoms with E-state index in [1.54, 1.807) is 0 Å². The molecule has 1 heterocycles. The smallest absolute Gasteiger partial charge is 0.136 e. The molecule has 60 heavy (non-hydrogen) atoms. The SMILES string of the molecule is c1ccc(-c2ccc(-c3ccccc3N(c3ccc(-c4ccc(-c5ccccc5-c5cc6ccccc6o5)cc4)cc3)c3ccc4c(ccc5ccccc54)c3)cc2)cc1. The van der Waals surface area contributed by atoms with Gasteiger partial charge < -0.3 is 9.32 Å². The maximum absolute atomic E-state index is 6.29. The van der Waals surface area contributed by atoms with Gasteiger partial charge in [-0.25, -0.2) is 0 Å². The van der Waals surface area contributed by atoms with E-state index in [1.165, 1.54) is 43.8 Å². The standard InChI is InChI=1S/C58H39NO/c1-2-12-40(13-3-1)41-24-28-46(29-25-41)54-18-9-10-20-56(54)59(50-36-37-53-47(38-50)31-30-44-14-4-6-16-51(44)53)49-34-32-43(33-35-49)42-22-26-45(27-23-42)52-17-7-8-19-55(52)58-39-48-15-5-11-21-57(48)60-58/h1-39H. The van der Waals surface area contributed by atoms with Crippen LogP contribution in [-0.2, 0) is 0 Å². The Labute approximate surface area is 349 Å². The molecule has 0 spiro atoms. The molecule has 0 N–H and O–H groups in total. The third kappa shape index (κ3) is 6.51. The summed E-state index contributed by atoms with van der Waals surface area (Å²) in [4.78, 5) is 2.40. The lowest BCUT2D eigenvalue weighted by atomic mass is 9.95. The molecule has 0 aliphatic heterocycles. The van der Waals surface area contributed by atoms with Crippen LogP contribution in [-0.4, -0.2) is 0 Å². The second-order valence-corrected chi connectivity index (χ2v) is 15.3. The Morgan fingerprint density at radius 1 is 0.283 bits per heavy atom. The van der Waals surface area contributed by atoms with Gasteiger partial charge in [0.2, 0.25) is 0 Å². The van der Waals surface area contributed by atoms with E-state index in [1.807, 2.05) is 18.2 Å². The monoisotopic (exact) mass is 765 g/mol. The van der Waals surface area contributed by atoms with Crippen molar-refractivity contribution in [2.45, 2.75) is 0 Å². The first-order valence-electron chi connectivity index (χ1n) is 20.5. The molecule has 0 amide bonds. The second-order valence-electron chi connectivity index (χ2n) is 15.3. The molecule has 0 aliphatic carbocycles. The lowest BCUT2D eigenvalue weighted by Gasteiger charge is -2.28. The number of anilines is 3. The number of nitrogens with zero attached hydrogens (tertiary/aromatic N) is 1. The number of hydrogen-bond acceptors (Lipinski definition) is 2. The fraction of sp³-hybridized carbons (Fsp3) is 0. The van der Waals surface area contributed by atoms with Crippen LogP contribution >= 0.6 is 0 Å². The van der Waals surface area contributed by atoms with Crippen LogP contribution in [0.1, 0.15) is 0 Å². The molecule has 282 valence electrons. The van der Waals surface area contributed by atoms with Gasteiger partial charge in [-0.15, -0.1) is 0 Å². The highest BCUT2D eigenvalue weighted by atomic mass is 16.3. The molecular weight excluding hydrogens is 727 g/mol. The predicted molar refractivity (Wildman–Crippen MR) is 253 cm³/mol. The average Bonchev–Trinajstić information content (AvgIpc) is 3.77. The zero-order valence-corrected chi connectivity index (χ0v) is 32.9. The van der Waals surface area contributed by atoms with Crippen molar-refractivity contribution in [3.8, 4) is 55.8 Å². The van der Waals surface area contributed by atoms with Crippen molar-refractivity contribution >= 4 is 49.6 Å². The van der Waals surface area contributed by atoms with E-state index in [4.69, 9.17) is 4.42 Å². The molecular formula is C58H39NO. The van der Waals surface area contributed by atoms with Crippen LogP contribution in [0.4, 0.5) is 17.1 Å². The first-order chi connectivity index (χ1) is 29.7. The van der Waals surface area contributed by atoms with Crippen LogP contribution in [0.2, 0.25) is 0 Å². The highest BCUT2D eigenvalue weighted by Crippen LogP contribution is 2.43. The summed E-state index contributed by atoms with van der Waals surface area (Å²) in [7, 11) is 0. The van der Waals surface area contributed by atoms with Crippen LogP contribution in [0.5, 0.6) is 0 Å². The highest BCUT2D eigenvalue weighted by molar-refractivity contribution is 6.09. The average molecular weight is 766 g/mol. The molecule has 0 fully saturated rings. The normalized spacial score (nSPS) is 11.3. The summed E-state index contributed by atoms with van der Waals surface area (Å²) in [6, 6.07) is 84.9. The van der Waals surface area contributed by atoms with Gasteiger partial charge in [0.25, 0.3) is 0 Å². The summed E-state index contributed by atoms with van der Waals surface area (Å²) in [5.41, 5.74) is 14.6. The second kappa shape index (κ2) is 15.1. The minimum absolute atomic E-state index is 0.876. The number of fused-ring (bicyclic) bond motifs is 4. The Hall–Kier alpha value is -7.94. The first-order valence-corrected chi connectivity index (χ1v) is 20.5. The van der Waals surface area contributed by atoms with Gasteiger partial charge in [-0.05, 0) is 103 Å². The van der Waals surface area contributed by atoms with E-state index < -0.39 is 0 Å². The van der Waals surface area contributed by atoms with Gasteiger partial charge in [0.15, 0.2) is 0 Å². The van der Waals surface area contributed by atoms with Crippen molar-refractivity contribution in [2.24, 2.45) is 0 Å². The molecule has 2 heteroatoms.